The summed E-state index contributed by atoms with van der Waals surface area (Å²) in [4.78, 5) is 12.9. The minimum atomic E-state index is 0. The normalized spacial score (nSPS) is 10.7. The third kappa shape index (κ3) is 9.69. The average molecular weight is 436 g/mol. The predicted octanol–water partition coefficient (Wildman–Crippen LogP) is 3.64. The number of benzene rings is 2. The quantitative estimate of drug-likeness (QED) is 0.243. The van der Waals surface area contributed by atoms with E-state index in [4.69, 9.17) is 14.2 Å². The van der Waals surface area contributed by atoms with E-state index in [1.807, 2.05) is 42.5 Å². The molecule has 2 rings (SSSR count). The minimum absolute atomic E-state index is 0. The molecule has 0 radical (unpaired) electrons. The van der Waals surface area contributed by atoms with Crippen LogP contribution < -0.4 is 38.4 Å². The largest absolute Gasteiger partial charge is 1.00 e. The summed E-state index contributed by atoms with van der Waals surface area (Å²) >= 11 is 0. The van der Waals surface area contributed by atoms with Gasteiger partial charge in [-0.1, -0.05) is 70.4 Å². The van der Waals surface area contributed by atoms with E-state index in [0.717, 1.165) is 49.6 Å². The fourth-order valence-electron chi connectivity index (χ4n) is 2.71. The molecule has 0 atom stereocenters. The van der Waals surface area contributed by atoms with Gasteiger partial charge in [-0.25, -0.2) is 0 Å². The van der Waals surface area contributed by atoms with E-state index in [1.165, 1.54) is 0 Å². The van der Waals surface area contributed by atoms with E-state index < -0.39 is 0 Å². The zero-order valence-corrected chi connectivity index (χ0v) is 20.4. The zero-order chi connectivity index (χ0) is 21.6. The predicted molar refractivity (Wildman–Crippen MR) is 125 cm³/mol. The van der Waals surface area contributed by atoms with Crippen LogP contribution in [0.25, 0.3) is 0 Å². The van der Waals surface area contributed by atoms with Crippen molar-refractivity contribution in [1.82, 2.24) is 0 Å². The van der Waals surface area contributed by atoms with Gasteiger partial charge in [0, 0.05) is 17.7 Å². The van der Waals surface area contributed by atoms with Gasteiger partial charge in [-0.3, -0.25) is 0 Å². The Labute approximate surface area is 201 Å². The maximum absolute atomic E-state index is 12.9. The molecule has 4 nitrogen and oxygen atoms in total. The summed E-state index contributed by atoms with van der Waals surface area (Å²) in [5.74, 6) is 2.08. The molecule has 2 aromatic rings. The fourth-order valence-corrected chi connectivity index (χ4v) is 3.67. The first-order valence-electron chi connectivity index (χ1n) is 11.1. The van der Waals surface area contributed by atoms with Gasteiger partial charge in [0.1, 0.15) is 5.75 Å². The first kappa shape index (κ1) is 27.6. The number of hydrogen-bond acceptors (Lipinski definition) is 4. The third-order valence-corrected chi connectivity index (χ3v) is 5.65. The summed E-state index contributed by atoms with van der Waals surface area (Å²) in [6, 6.07) is 13.2. The third-order valence-electron chi connectivity index (χ3n) is 4.53. The Morgan fingerprint density at radius 2 is 1.26 bits per heavy atom. The van der Waals surface area contributed by atoms with Gasteiger partial charge >= 0.3 is 18.9 Å². The Bertz CT molecular complexity index is 736. The Hall–Kier alpha value is -1.46. The first-order chi connectivity index (χ1) is 14.7. The number of hydrogen-bond donors (Lipinski definition) is 0. The van der Waals surface area contributed by atoms with Gasteiger partial charge in [-0.05, 0) is 24.8 Å². The molecule has 0 spiro atoms. The SMILES string of the molecule is CCCCOc1cc(OCCCC)c([P-]C(=O)c2ccccc2)c(OCCCC)c1.[Li+]. The van der Waals surface area contributed by atoms with Crippen LogP contribution in [-0.4, -0.2) is 25.3 Å². The van der Waals surface area contributed by atoms with Crippen molar-refractivity contribution < 1.29 is 37.9 Å². The standard InChI is InChI=1S/C25H34O4P.Li/c1-4-7-15-27-21-18-22(28-16-8-5-2)24(23(19-21)29-17-9-6-3)30-25(26)20-13-11-10-12-14-20;/h10-14,18-19H,4-9,15-17H2,1-3H3;/q-1;+1. The smallest absolute Gasteiger partial charge is 0.496 e. The number of rotatable bonds is 15. The molecule has 0 aliphatic heterocycles. The number of unbranched alkanes of at least 4 members (excludes halogenated alkanes) is 3. The van der Waals surface area contributed by atoms with Crippen molar-refractivity contribution in [3.8, 4) is 17.2 Å². The van der Waals surface area contributed by atoms with Crippen molar-refractivity contribution >= 4 is 19.4 Å². The fraction of sp³-hybridized carbons (Fsp3) is 0.480. The second-order valence-electron chi connectivity index (χ2n) is 7.16. The first-order valence-corrected chi connectivity index (χ1v) is 12.0. The van der Waals surface area contributed by atoms with E-state index in [2.05, 4.69) is 20.8 Å². The van der Waals surface area contributed by atoms with Crippen LogP contribution in [0.3, 0.4) is 0 Å². The number of carbonyl (C=O) groups excluding carboxylic acids is 1. The summed E-state index contributed by atoms with van der Waals surface area (Å²) in [7, 11) is 0.545. The average Bonchev–Trinajstić information content (AvgIpc) is 2.76. The van der Waals surface area contributed by atoms with E-state index in [-0.39, 0.29) is 24.4 Å². The van der Waals surface area contributed by atoms with Crippen molar-refractivity contribution in [3.63, 3.8) is 0 Å². The Morgan fingerprint density at radius 3 is 1.74 bits per heavy atom. The van der Waals surface area contributed by atoms with Gasteiger partial charge in [0.2, 0.25) is 0 Å². The molecule has 0 heterocycles. The van der Waals surface area contributed by atoms with Crippen LogP contribution in [0.1, 0.15) is 69.7 Å². The van der Waals surface area contributed by atoms with E-state index in [0.29, 0.717) is 45.5 Å². The maximum Gasteiger partial charge on any atom is 1.00 e. The molecule has 31 heavy (non-hydrogen) atoms. The number of ether oxygens (including phenoxy) is 3. The van der Waals surface area contributed by atoms with Gasteiger partial charge in [0.15, 0.2) is 0 Å². The topological polar surface area (TPSA) is 44.8 Å². The van der Waals surface area contributed by atoms with E-state index in [1.54, 1.807) is 0 Å². The summed E-state index contributed by atoms with van der Waals surface area (Å²) in [5.41, 5.74) is 0.706. The van der Waals surface area contributed by atoms with Gasteiger partial charge in [0.25, 0.3) is 0 Å². The molecule has 0 amide bonds. The molecule has 164 valence electrons. The Kier molecular flexibility index (Phi) is 14.4. The molecular formula is C25H34LiO4P. The summed E-state index contributed by atoms with van der Waals surface area (Å²) in [6.45, 7) is 8.26. The summed E-state index contributed by atoms with van der Waals surface area (Å²) in [6.07, 6.45) is 6.06. The van der Waals surface area contributed by atoms with Crippen molar-refractivity contribution in [3.05, 3.63) is 48.0 Å². The minimum Gasteiger partial charge on any atom is -0.496 e. The molecule has 0 aliphatic rings. The molecule has 0 N–H and O–H groups in total. The molecule has 0 unspecified atom stereocenters. The van der Waals surface area contributed by atoms with Crippen molar-refractivity contribution in [2.24, 2.45) is 0 Å². The van der Waals surface area contributed by atoms with Gasteiger partial charge in [-0.2, -0.15) is 0 Å². The van der Waals surface area contributed by atoms with Crippen LogP contribution in [0.4, 0.5) is 0 Å². The molecule has 0 bridgehead atoms. The summed E-state index contributed by atoms with van der Waals surface area (Å²) in [5, 5.41) is 0.777. The van der Waals surface area contributed by atoms with Crippen molar-refractivity contribution in [1.29, 1.82) is 0 Å². The van der Waals surface area contributed by atoms with Crippen molar-refractivity contribution in [2.75, 3.05) is 19.8 Å². The molecule has 0 aliphatic carbocycles. The molecule has 0 saturated heterocycles. The molecule has 6 heteroatoms. The second kappa shape index (κ2) is 16.2. The van der Waals surface area contributed by atoms with Gasteiger partial charge < -0.3 is 27.6 Å². The molecule has 0 fully saturated rings. The number of carbonyl (C=O) groups is 1. The molecular weight excluding hydrogens is 402 g/mol. The molecule has 2 aromatic carbocycles. The molecule has 0 saturated carbocycles. The van der Waals surface area contributed by atoms with Crippen LogP contribution in [-0.2, 0) is 0 Å². The van der Waals surface area contributed by atoms with Crippen LogP contribution in [0.15, 0.2) is 42.5 Å². The summed E-state index contributed by atoms with van der Waals surface area (Å²) < 4.78 is 18.1. The maximum atomic E-state index is 12.9. The van der Waals surface area contributed by atoms with E-state index >= 15 is 0 Å². The monoisotopic (exact) mass is 436 g/mol. The molecule has 0 aromatic heterocycles. The van der Waals surface area contributed by atoms with Crippen LogP contribution in [0.5, 0.6) is 17.2 Å². The van der Waals surface area contributed by atoms with Crippen LogP contribution in [0.2, 0.25) is 0 Å². The Morgan fingerprint density at radius 1 is 0.774 bits per heavy atom. The van der Waals surface area contributed by atoms with Crippen LogP contribution >= 0.6 is 8.58 Å². The van der Waals surface area contributed by atoms with Gasteiger partial charge in [-0.15, -0.1) is 5.30 Å². The van der Waals surface area contributed by atoms with E-state index in [9.17, 15) is 4.79 Å². The van der Waals surface area contributed by atoms with Crippen molar-refractivity contribution in [2.45, 2.75) is 59.3 Å². The second-order valence-corrected chi connectivity index (χ2v) is 8.23. The Balaban J connectivity index is 0.00000480. The van der Waals surface area contributed by atoms with Crippen LogP contribution in [0, 0.1) is 0 Å². The van der Waals surface area contributed by atoms with Gasteiger partial charge in [0.05, 0.1) is 31.3 Å². The zero-order valence-electron chi connectivity index (χ0n) is 19.5.